The number of carboxylic acids is 1. The van der Waals surface area contributed by atoms with E-state index in [0.29, 0.717) is 43.2 Å². The number of phenolic OH excluding ortho intramolecular Hbond substituents is 1. The molecule has 0 saturated heterocycles. The second kappa shape index (κ2) is 21.8. The number of phenols is 1. The van der Waals surface area contributed by atoms with Crippen molar-refractivity contribution in [1.82, 2.24) is 5.32 Å². The van der Waals surface area contributed by atoms with Crippen LogP contribution in [0, 0.1) is 17.8 Å². The van der Waals surface area contributed by atoms with E-state index < -0.39 is 54.6 Å². The fourth-order valence-electron chi connectivity index (χ4n) is 8.21. The average molecular weight is 778 g/mol. The predicted octanol–water partition coefficient (Wildman–Crippen LogP) is 3.99. The zero-order valence-electron chi connectivity index (χ0n) is 32.9. The van der Waals surface area contributed by atoms with E-state index in [1.807, 2.05) is 19.1 Å². The Labute approximate surface area is 331 Å². The van der Waals surface area contributed by atoms with Crippen LogP contribution in [-0.2, 0) is 17.6 Å². The minimum absolute atomic E-state index is 0.0177. The van der Waals surface area contributed by atoms with Gasteiger partial charge in [0.25, 0.3) is 0 Å². The molecule has 10 N–H and O–H groups in total. The molecule has 1 heterocycles. The summed E-state index contributed by atoms with van der Waals surface area (Å²) in [5.41, 5.74) is 3.42. The van der Waals surface area contributed by atoms with Gasteiger partial charge in [-0.05, 0) is 116 Å². The summed E-state index contributed by atoms with van der Waals surface area (Å²) in [7, 11) is 0. The molecule has 0 saturated carbocycles. The summed E-state index contributed by atoms with van der Waals surface area (Å²) in [6.07, 6.45) is 3.83. The molecule has 0 fully saturated rings. The number of hydrogen-bond acceptors (Lipinski definition) is 10. The number of hydrogen-bond donors (Lipinski definition) is 10. The minimum Gasteiger partial charge on any atom is -0.508 e. The second-order valence-corrected chi connectivity index (χ2v) is 15.9. The number of rotatable bonds is 18. The van der Waals surface area contributed by atoms with Crippen molar-refractivity contribution in [2.24, 2.45) is 5.92 Å². The highest BCUT2D eigenvalue weighted by atomic mass is 16.4. The molecule has 2 bridgehead atoms. The van der Waals surface area contributed by atoms with Gasteiger partial charge in [0.1, 0.15) is 5.75 Å². The summed E-state index contributed by atoms with van der Waals surface area (Å²) in [6, 6.07) is 12.4. The molecule has 4 rings (SSSR count). The maximum absolute atomic E-state index is 12.4. The first-order valence-electron chi connectivity index (χ1n) is 20.2. The molecule has 1 aliphatic carbocycles. The van der Waals surface area contributed by atoms with E-state index in [1.54, 1.807) is 37.3 Å². The number of carboxylic acid groups (broad SMARTS) is 1. The standard InChI is InChI=1S/C45H63NO10/c1-3-4-9-41(52)42(53)20-14-30-11-10-29-7-5-6-8-37(29)31-13-19-40(38-18-16-35(50)25-32(38)22-23-47)45(2,56)28-46-44(39(30)26-36(51)27-48)33(24-31)12-15-34(49)17-21-43(54)55/h5-8,14,16,18,20,25,31,33-34,36,40-42,44,46-53,56H,3-4,9-12,15,17,21-24,26-28H2,1-2H3,(H,54,55)/b20-14+,39-30+/t31-,33+,34+,36+,40+,41+,42-,44+,45-/m1/s1. The van der Waals surface area contributed by atoms with Gasteiger partial charge >= 0.3 is 5.97 Å². The Hall–Kier alpha value is -3.57. The monoisotopic (exact) mass is 777 g/mol. The normalized spacial score (nSPS) is 26.4. The molecule has 11 heteroatoms. The minimum atomic E-state index is -1.51. The Morgan fingerprint density at radius 1 is 1.00 bits per heavy atom. The number of nitrogens with one attached hydrogen (secondary N) is 1. The van der Waals surface area contributed by atoms with Crippen LogP contribution in [0.3, 0.4) is 0 Å². The molecule has 9 atom stereocenters. The van der Waals surface area contributed by atoms with Crippen molar-refractivity contribution in [2.45, 2.75) is 139 Å². The van der Waals surface area contributed by atoms with Crippen LogP contribution in [0.1, 0.15) is 112 Å². The average Bonchev–Trinajstić information content (AvgIpc) is 3.17. The zero-order chi connectivity index (χ0) is 40.8. The summed E-state index contributed by atoms with van der Waals surface area (Å²) < 4.78 is 0. The Bertz CT molecular complexity index is 1690. The summed E-state index contributed by atoms with van der Waals surface area (Å²) in [4.78, 5) is 11.3. The molecular formula is C45H63NO10. The number of β-amino-alcohol motifs (C(OH)–C–C–N with tert-alkyl or cyclic N) is 1. The first-order valence-corrected chi connectivity index (χ1v) is 20.2. The van der Waals surface area contributed by atoms with Crippen LogP contribution in [0.15, 0.2) is 65.8 Å². The van der Waals surface area contributed by atoms with E-state index in [-0.39, 0.29) is 62.8 Å². The molecule has 11 nitrogen and oxygen atoms in total. The van der Waals surface area contributed by atoms with Crippen molar-refractivity contribution in [1.29, 1.82) is 0 Å². The summed E-state index contributed by atoms with van der Waals surface area (Å²) in [5, 5.41) is 99.6. The molecule has 56 heavy (non-hydrogen) atoms. The molecule has 0 unspecified atom stereocenters. The quantitative estimate of drug-likeness (QED) is 0.0979. The van der Waals surface area contributed by atoms with E-state index in [1.165, 1.54) is 0 Å². The van der Waals surface area contributed by atoms with Gasteiger partial charge in [0.05, 0.1) is 42.5 Å². The Morgan fingerprint density at radius 3 is 2.48 bits per heavy atom. The third-order valence-corrected chi connectivity index (χ3v) is 11.4. The van der Waals surface area contributed by atoms with Crippen molar-refractivity contribution in [2.75, 3.05) is 19.8 Å². The molecule has 2 aliphatic rings. The first-order chi connectivity index (χ1) is 26.8. The predicted molar refractivity (Wildman–Crippen MR) is 215 cm³/mol. The van der Waals surface area contributed by atoms with Gasteiger partial charge in [-0.25, -0.2) is 0 Å². The van der Waals surface area contributed by atoms with Crippen molar-refractivity contribution in [3.63, 3.8) is 0 Å². The number of fused-ring (bicyclic) bond motifs is 5. The lowest BCUT2D eigenvalue weighted by molar-refractivity contribution is -0.137. The largest absolute Gasteiger partial charge is 0.508 e. The van der Waals surface area contributed by atoms with Crippen LogP contribution >= 0.6 is 0 Å². The summed E-state index contributed by atoms with van der Waals surface area (Å²) in [5.74, 6) is 4.67. The van der Waals surface area contributed by atoms with Gasteiger partial charge < -0.3 is 51.3 Å². The molecule has 0 aromatic heterocycles. The third-order valence-electron chi connectivity index (χ3n) is 11.4. The fraction of sp³-hybridized carbons (Fsp3) is 0.578. The third kappa shape index (κ3) is 12.7. The van der Waals surface area contributed by atoms with Gasteiger partial charge in [-0.15, -0.1) is 0 Å². The van der Waals surface area contributed by atoms with Crippen LogP contribution in [-0.4, -0.2) is 108 Å². The maximum atomic E-state index is 12.4. The maximum Gasteiger partial charge on any atom is 0.303 e. The van der Waals surface area contributed by atoms with E-state index >= 15 is 0 Å². The first kappa shape index (κ1) is 45.1. The lowest BCUT2D eigenvalue weighted by atomic mass is 9.73. The van der Waals surface area contributed by atoms with Crippen LogP contribution in [0.5, 0.6) is 5.75 Å². The molecule has 2 aromatic rings. The number of aliphatic carboxylic acids is 1. The van der Waals surface area contributed by atoms with Crippen LogP contribution in [0.4, 0.5) is 0 Å². The number of carbonyl (C=O) groups is 1. The van der Waals surface area contributed by atoms with Gasteiger partial charge in [0, 0.05) is 31.5 Å². The fourth-order valence-corrected chi connectivity index (χ4v) is 8.21. The highest BCUT2D eigenvalue weighted by Gasteiger charge is 2.39. The molecular weight excluding hydrogens is 714 g/mol. The molecule has 0 radical (unpaired) electrons. The number of aliphatic hydroxyl groups excluding tert-OH is 6. The van der Waals surface area contributed by atoms with Gasteiger partial charge in [-0.1, -0.05) is 74.1 Å². The number of benzene rings is 2. The Kier molecular flexibility index (Phi) is 17.6. The van der Waals surface area contributed by atoms with E-state index in [4.69, 9.17) is 0 Å². The lowest BCUT2D eigenvalue weighted by Gasteiger charge is -2.40. The number of aryl methyl sites for hydroxylation is 1. The topological polar surface area (TPSA) is 211 Å². The zero-order valence-corrected chi connectivity index (χ0v) is 32.9. The molecule has 2 aromatic carbocycles. The van der Waals surface area contributed by atoms with Crippen LogP contribution < -0.4 is 5.32 Å². The molecule has 0 spiro atoms. The highest BCUT2D eigenvalue weighted by Crippen LogP contribution is 2.40. The van der Waals surface area contributed by atoms with Crippen LogP contribution in [0.2, 0.25) is 0 Å². The molecule has 1 aliphatic heterocycles. The second-order valence-electron chi connectivity index (χ2n) is 15.9. The Balaban J connectivity index is 1.97. The van der Waals surface area contributed by atoms with Crippen molar-refractivity contribution in [3.05, 3.63) is 88.0 Å². The van der Waals surface area contributed by atoms with Gasteiger partial charge in [-0.3, -0.25) is 4.79 Å². The van der Waals surface area contributed by atoms with Gasteiger partial charge in [0.2, 0.25) is 0 Å². The number of allylic oxidation sites excluding steroid dienone is 2. The highest BCUT2D eigenvalue weighted by molar-refractivity contribution is 5.66. The summed E-state index contributed by atoms with van der Waals surface area (Å²) in [6.45, 7) is 3.04. The number of unbranched alkanes of at least 4 members (excludes halogenated alkanes) is 1. The molecule has 308 valence electrons. The number of aliphatic hydroxyl groups is 7. The smallest absolute Gasteiger partial charge is 0.303 e. The van der Waals surface area contributed by atoms with Crippen molar-refractivity contribution in [3.8, 4) is 17.6 Å². The lowest BCUT2D eigenvalue weighted by Crippen LogP contribution is -2.50. The molecule has 0 amide bonds. The van der Waals surface area contributed by atoms with Gasteiger partial charge in [-0.2, -0.15) is 0 Å². The van der Waals surface area contributed by atoms with Crippen molar-refractivity contribution >= 4 is 5.97 Å². The van der Waals surface area contributed by atoms with E-state index in [9.17, 15) is 50.8 Å². The van der Waals surface area contributed by atoms with E-state index in [0.717, 1.165) is 35.1 Å². The van der Waals surface area contributed by atoms with Crippen molar-refractivity contribution < 1.29 is 50.8 Å². The number of aromatic hydroxyl groups is 1. The van der Waals surface area contributed by atoms with Gasteiger partial charge in [0.15, 0.2) is 0 Å². The Morgan fingerprint density at radius 2 is 1.77 bits per heavy atom. The summed E-state index contributed by atoms with van der Waals surface area (Å²) >= 11 is 0. The van der Waals surface area contributed by atoms with Crippen LogP contribution in [0.25, 0.3) is 0 Å². The SMILES string of the molecule is CCCC[C@H](O)[C@H](O)/C=C/C1=C(\C[C@H](O)CO)[C@H]2NC[C@@](C)(O)[C@H](c3ccc(O)cc3CCO)C#C[C@H](C[C@@H]2CC[C@H](O)CCC(=O)O)c2ccccc2CC1. The van der Waals surface area contributed by atoms with E-state index in [2.05, 4.69) is 29.3 Å².